The van der Waals surface area contributed by atoms with Crippen molar-refractivity contribution in [3.05, 3.63) is 29.8 Å². The third-order valence-corrected chi connectivity index (χ3v) is 8.31. The topological polar surface area (TPSA) is 121 Å². The van der Waals surface area contributed by atoms with Crippen molar-refractivity contribution in [1.82, 2.24) is 20.2 Å². The molecule has 0 radical (unpaired) electrons. The molecule has 1 aliphatic heterocycles. The van der Waals surface area contributed by atoms with Gasteiger partial charge in [0.1, 0.15) is 11.3 Å². The van der Waals surface area contributed by atoms with E-state index in [1.165, 1.54) is 6.07 Å². The number of primary amides is 1. The van der Waals surface area contributed by atoms with E-state index in [9.17, 15) is 18.8 Å². The second-order valence-corrected chi connectivity index (χ2v) is 10.8. The number of benzene rings is 1. The molecule has 8 nitrogen and oxygen atoms in total. The summed E-state index contributed by atoms with van der Waals surface area (Å²) < 4.78 is 14.1. The van der Waals surface area contributed by atoms with Gasteiger partial charge < -0.3 is 20.9 Å². The molecular formula is C27H38FN5O3. The van der Waals surface area contributed by atoms with Gasteiger partial charge in [-0.1, -0.05) is 26.8 Å². The number of piperidine rings is 1. The Hall–Kier alpha value is -2.97. The van der Waals surface area contributed by atoms with E-state index in [-0.39, 0.29) is 35.7 Å². The maximum Gasteiger partial charge on any atom is 0.225 e. The molecule has 1 aromatic heterocycles. The van der Waals surface area contributed by atoms with E-state index in [1.807, 2.05) is 18.7 Å². The Morgan fingerprint density at radius 3 is 2.64 bits per heavy atom. The molecule has 4 rings (SSSR count). The van der Waals surface area contributed by atoms with Crippen LogP contribution in [0.5, 0.6) is 0 Å². The van der Waals surface area contributed by atoms with Gasteiger partial charge in [-0.05, 0) is 63.0 Å². The number of rotatable bonds is 9. The van der Waals surface area contributed by atoms with E-state index in [4.69, 9.17) is 5.73 Å². The van der Waals surface area contributed by atoms with E-state index < -0.39 is 35.0 Å². The number of hydrogen-bond acceptors (Lipinski definition) is 4. The van der Waals surface area contributed by atoms with Crippen LogP contribution < -0.4 is 11.1 Å². The Bertz CT molecular complexity index is 1150. The molecule has 0 spiro atoms. The molecule has 1 saturated heterocycles. The van der Waals surface area contributed by atoms with Gasteiger partial charge in [0.25, 0.3) is 0 Å². The summed E-state index contributed by atoms with van der Waals surface area (Å²) in [4.78, 5) is 49.3. The third kappa shape index (κ3) is 4.72. The van der Waals surface area contributed by atoms with Gasteiger partial charge in [-0.15, -0.1) is 0 Å². The van der Waals surface area contributed by atoms with Crippen molar-refractivity contribution < 1.29 is 18.8 Å². The number of imidazole rings is 1. The molecule has 3 amide bonds. The number of halogens is 1. The summed E-state index contributed by atoms with van der Waals surface area (Å²) in [6.45, 7) is 8.50. The molecular weight excluding hydrogens is 461 g/mol. The third-order valence-electron chi connectivity index (χ3n) is 8.31. The summed E-state index contributed by atoms with van der Waals surface area (Å²) >= 11 is 0. The molecule has 36 heavy (non-hydrogen) atoms. The van der Waals surface area contributed by atoms with E-state index in [0.717, 1.165) is 25.7 Å². The predicted octanol–water partition coefficient (Wildman–Crippen LogP) is 3.82. The van der Waals surface area contributed by atoms with Crippen molar-refractivity contribution in [3.8, 4) is 0 Å². The number of hydrogen-bond donors (Lipinski definition) is 3. The number of carbonyl (C=O) groups excluding carboxylic acids is 3. The van der Waals surface area contributed by atoms with Crippen LogP contribution in [0.25, 0.3) is 11.0 Å². The van der Waals surface area contributed by atoms with E-state index in [1.54, 1.807) is 19.1 Å². The fourth-order valence-corrected chi connectivity index (χ4v) is 6.15. The van der Waals surface area contributed by atoms with Crippen molar-refractivity contribution >= 4 is 28.8 Å². The summed E-state index contributed by atoms with van der Waals surface area (Å²) in [5.41, 5.74) is 5.59. The highest BCUT2D eigenvalue weighted by molar-refractivity contribution is 5.95. The van der Waals surface area contributed by atoms with Crippen LogP contribution in [0.15, 0.2) is 18.2 Å². The van der Waals surface area contributed by atoms with Crippen LogP contribution in [0.4, 0.5) is 4.39 Å². The number of nitrogens with one attached hydrogen (secondary N) is 2. The van der Waals surface area contributed by atoms with Gasteiger partial charge in [-0.2, -0.15) is 0 Å². The number of nitrogens with zero attached hydrogens (tertiary/aromatic N) is 2. The summed E-state index contributed by atoms with van der Waals surface area (Å²) in [5, 5.41) is 2.94. The van der Waals surface area contributed by atoms with Crippen molar-refractivity contribution in [2.75, 3.05) is 6.54 Å². The number of likely N-dealkylation sites (tertiary alicyclic amines) is 1. The molecule has 4 N–H and O–H groups in total. The molecule has 2 heterocycles. The normalized spacial score (nSPS) is 25.6. The Morgan fingerprint density at radius 1 is 1.28 bits per heavy atom. The van der Waals surface area contributed by atoms with Gasteiger partial charge in [0, 0.05) is 19.0 Å². The maximum absolute atomic E-state index is 14.1. The van der Waals surface area contributed by atoms with Gasteiger partial charge in [-0.3, -0.25) is 14.4 Å². The number of nitrogens with two attached hydrogens (primary N) is 1. The van der Waals surface area contributed by atoms with Crippen LogP contribution in [0, 0.1) is 29.0 Å². The minimum absolute atomic E-state index is 0.0579. The summed E-state index contributed by atoms with van der Waals surface area (Å²) in [7, 11) is 0. The first-order valence-corrected chi connectivity index (χ1v) is 13.1. The summed E-state index contributed by atoms with van der Waals surface area (Å²) in [6.07, 6.45) is 4.27. The lowest BCUT2D eigenvalue weighted by Crippen LogP contribution is -2.49. The van der Waals surface area contributed by atoms with Crippen molar-refractivity contribution in [2.45, 2.75) is 78.3 Å². The Kier molecular flexibility index (Phi) is 7.38. The maximum atomic E-state index is 14.1. The molecule has 2 unspecified atom stereocenters. The lowest BCUT2D eigenvalue weighted by molar-refractivity contribution is -0.144. The Labute approximate surface area is 211 Å². The summed E-state index contributed by atoms with van der Waals surface area (Å²) in [6, 6.07) is 4.21. The zero-order chi connectivity index (χ0) is 26.2. The smallest absolute Gasteiger partial charge is 0.225 e. The van der Waals surface area contributed by atoms with Crippen LogP contribution in [0.2, 0.25) is 0 Å². The second-order valence-electron chi connectivity index (χ2n) is 10.8. The standard InChI is InChI=1S/C27H38FN5O3/c1-5-17-9-6-7-12-33(17)22(34)13-18(27(26(29)36)14-19(27)15(2)3)25(35)30-16(4)24-31-21-11-8-10-20(28)23(21)32-24/h8,10-11,15-19H,5-7,9,12-14H2,1-4H3,(H2,29,36)(H,30,35)(H,31,32)/t16-,17-,18+,19?,27?/m0/s1. The molecule has 0 bridgehead atoms. The minimum Gasteiger partial charge on any atom is -0.369 e. The Balaban J connectivity index is 1.60. The van der Waals surface area contributed by atoms with Crippen LogP contribution in [0.3, 0.4) is 0 Å². The zero-order valence-corrected chi connectivity index (χ0v) is 21.6. The number of fused-ring (bicyclic) bond motifs is 1. The van der Waals surface area contributed by atoms with Crippen LogP contribution in [0.1, 0.15) is 78.1 Å². The highest BCUT2D eigenvalue weighted by Gasteiger charge is 2.66. The van der Waals surface area contributed by atoms with Crippen molar-refractivity contribution in [1.29, 1.82) is 0 Å². The Morgan fingerprint density at radius 2 is 2.03 bits per heavy atom. The van der Waals surface area contributed by atoms with Gasteiger partial charge >= 0.3 is 0 Å². The molecule has 2 aromatic rings. The first-order chi connectivity index (χ1) is 17.1. The van der Waals surface area contributed by atoms with E-state index >= 15 is 0 Å². The van der Waals surface area contributed by atoms with Crippen LogP contribution in [-0.2, 0) is 14.4 Å². The first kappa shape index (κ1) is 26.1. The van der Waals surface area contributed by atoms with E-state index in [0.29, 0.717) is 24.3 Å². The molecule has 9 heteroatoms. The monoisotopic (exact) mass is 499 g/mol. The first-order valence-electron chi connectivity index (χ1n) is 13.1. The largest absolute Gasteiger partial charge is 0.369 e. The fraction of sp³-hybridized carbons (Fsp3) is 0.630. The molecule has 2 fully saturated rings. The van der Waals surface area contributed by atoms with Gasteiger partial charge in [-0.25, -0.2) is 9.37 Å². The molecule has 1 saturated carbocycles. The molecule has 1 aliphatic carbocycles. The molecule has 196 valence electrons. The quantitative estimate of drug-likeness (QED) is 0.485. The molecule has 5 atom stereocenters. The highest BCUT2D eigenvalue weighted by Crippen LogP contribution is 2.62. The predicted molar refractivity (Wildman–Crippen MR) is 135 cm³/mol. The van der Waals surface area contributed by atoms with Crippen molar-refractivity contribution in [3.63, 3.8) is 0 Å². The lowest BCUT2D eigenvalue weighted by Gasteiger charge is -2.37. The lowest BCUT2D eigenvalue weighted by atomic mass is 9.80. The van der Waals surface area contributed by atoms with Gasteiger partial charge in [0.2, 0.25) is 17.7 Å². The van der Waals surface area contributed by atoms with Crippen LogP contribution in [-0.4, -0.2) is 45.2 Å². The van der Waals surface area contributed by atoms with Gasteiger partial charge in [0.15, 0.2) is 5.82 Å². The SMILES string of the molecule is CC[C@H]1CCCCN1C(=O)C[C@H](C(=O)N[C@@H](C)c1nc2c(F)cccc2[nH]1)C1(C(N)=O)CC1C(C)C. The fourth-order valence-electron chi connectivity index (χ4n) is 6.15. The number of amides is 3. The molecule has 1 aromatic carbocycles. The minimum atomic E-state index is -1.05. The van der Waals surface area contributed by atoms with E-state index in [2.05, 4.69) is 22.2 Å². The molecule has 2 aliphatic rings. The zero-order valence-electron chi connectivity index (χ0n) is 21.6. The average molecular weight is 500 g/mol. The number of H-pyrrole nitrogens is 1. The number of aromatic nitrogens is 2. The number of carbonyl (C=O) groups is 3. The average Bonchev–Trinajstić information content (AvgIpc) is 3.46. The number of para-hydroxylation sites is 1. The van der Waals surface area contributed by atoms with Crippen LogP contribution >= 0.6 is 0 Å². The highest BCUT2D eigenvalue weighted by atomic mass is 19.1. The van der Waals surface area contributed by atoms with Crippen molar-refractivity contribution in [2.24, 2.45) is 28.9 Å². The summed E-state index contributed by atoms with van der Waals surface area (Å²) in [5.74, 6) is -1.86. The second kappa shape index (κ2) is 10.2. The number of aromatic amines is 1. The van der Waals surface area contributed by atoms with Gasteiger partial charge in [0.05, 0.1) is 22.9 Å².